The zero-order valence-electron chi connectivity index (χ0n) is 14.9. The van der Waals surface area contributed by atoms with Crippen molar-refractivity contribution in [2.24, 2.45) is 5.10 Å². The lowest BCUT2D eigenvalue weighted by atomic mass is 10.2. The maximum absolute atomic E-state index is 10.7. The summed E-state index contributed by atoms with van der Waals surface area (Å²) in [6, 6.07) is 14.3. The average molecular weight is 382 g/mol. The van der Waals surface area contributed by atoms with E-state index in [-0.39, 0.29) is 5.69 Å². The molecule has 0 radical (unpaired) electrons. The number of hydrogen-bond acceptors (Lipinski definition) is 6. The Balaban J connectivity index is 1.73. The van der Waals surface area contributed by atoms with Crippen LogP contribution in [0.1, 0.15) is 11.1 Å². The molecule has 27 heavy (non-hydrogen) atoms. The van der Waals surface area contributed by atoms with E-state index in [1.807, 2.05) is 43.3 Å². The summed E-state index contributed by atoms with van der Waals surface area (Å²) in [4.78, 5) is 13.7. The van der Waals surface area contributed by atoms with Gasteiger partial charge in [0, 0.05) is 31.9 Å². The highest BCUT2D eigenvalue weighted by atomic mass is 32.1. The first-order chi connectivity index (χ1) is 12.9. The fourth-order valence-corrected chi connectivity index (χ4v) is 2.62. The van der Waals surface area contributed by atoms with Gasteiger partial charge >= 0.3 is 0 Å². The Morgan fingerprint density at radius 3 is 2.44 bits per heavy atom. The lowest BCUT2D eigenvalue weighted by Gasteiger charge is -2.11. The summed E-state index contributed by atoms with van der Waals surface area (Å²) in [7, 11) is 3.97. The lowest BCUT2D eigenvalue weighted by Crippen LogP contribution is -2.08. The van der Waals surface area contributed by atoms with Gasteiger partial charge < -0.3 is 9.47 Å². The summed E-state index contributed by atoms with van der Waals surface area (Å²) in [5.74, 6) is 0. The van der Waals surface area contributed by atoms with Crippen LogP contribution < -0.4 is 4.90 Å². The van der Waals surface area contributed by atoms with Gasteiger partial charge in [0.2, 0.25) is 4.77 Å². The van der Waals surface area contributed by atoms with Crippen molar-refractivity contribution in [1.29, 1.82) is 0 Å². The number of nitro groups is 1. The summed E-state index contributed by atoms with van der Waals surface area (Å²) in [6.07, 6.45) is 3.29. The molecule has 0 atom stereocenters. The second kappa shape index (κ2) is 7.92. The van der Waals surface area contributed by atoms with Gasteiger partial charge in [0.05, 0.1) is 17.7 Å². The van der Waals surface area contributed by atoms with E-state index in [1.165, 1.54) is 16.9 Å². The standard InChI is InChI=1S/C18H18N6O2S/c1-21(2)16-7-3-14(4-8-16)11-19-23-18(27)22(13-20-23)12-15-5-9-17(10-6-15)24(25)26/h3-11,13H,12H2,1-2H3/b19-11+. The zero-order valence-corrected chi connectivity index (χ0v) is 15.7. The molecule has 8 nitrogen and oxygen atoms in total. The van der Waals surface area contributed by atoms with Crippen molar-refractivity contribution in [1.82, 2.24) is 14.5 Å². The molecule has 3 rings (SSSR count). The summed E-state index contributed by atoms with van der Waals surface area (Å²) >= 11 is 5.40. The topological polar surface area (TPSA) is 81.5 Å². The van der Waals surface area contributed by atoms with Gasteiger partial charge in [-0.1, -0.05) is 24.3 Å². The number of non-ortho nitro benzene ring substituents is 1. The van der Waals surface area contributed by atoms with Crippen molar-refractivity contribution in [3.05, 3.63) is 80.9 Å². The quantitative estimate of drug-likeness (QED) is 0.283. The predicted octanol–water partition coefficient (Wildman–Crippen LogP) is 3.32. The van der Waals surface area contributed by atoms with Gasteiger partial charge in [-0.15, -0.1) is 9.89 Å². The molecule has 138 valence electrons. The Hall–Kier alpha value is -3.33. The molecule has 0 spiro atoms. The average Bonchev–Trinajstić information content (AvgIpc) is 3.00. The van der Waals surface area contributed by atoms with E-state index in [1.54, 1.807) is 29.2 Å². The number of nitro benzene ring substituents is 1. The van der Waals surface area contributed by atoms with Gasteiger partial charge in [0.25, 0.3) is 5.69 Å². The summed E-state index contributed by atoms with van der Waals surface area (Å²) in [5, 5.41) is 19.2. The van der Waals surface area contributed by atoms with Crippen LogP contribution in [0.15, 0.2) is 60.0 Å². The minimum absolute atomic E-state index is 0.0583. The molecule has 0 fully saturated rings. The number of anilines is 1. The summed E-state index contributed by atoms with van der Waals surface area (Å²) < 4.78 is 2.19. The molecular formula is C18H18N6O2S. The van der Waals surface area contributed by atoms with Crippen molar-refractivity contribution in [2.45, 2.75) is 6.54 Å². The van der Waals surface area contributed by atoms with Crippen molar-refractivity contribution >= 4 is 29.8 Å². The minimum atomic E-state index is -0.423. The van der Waals surface area contributed by atoms with Gasteiger partial charge in [0.15, 0.2) is 0 Å². The highest BCUT2D eigenvalue weighted by Gasteiger charge is 2.06. The molecule has 0 amide bonds. The van der Waals surface area contributed by atoms with Crippen molar-refractivity contribution in [3.63, 3.8) is 0 Å². The van der Waals surface area contributed by atoms with Crippen molar-refractivity contribution in [3.8, 4) is 0 Å². The fourth-order valence-electron chi connectivity index (χ4n) is 2.41. The molecule has 0 saturated carbocycles. The normalized spacial score (nSPS) is 11.0. The van der Waals surface area contributed by atoms with Gasteiger partial charge in [-0.2, -0.15) is 5.10 Å². The van der Waals surface area contributed by atoms with Crippen LogP contribution in [0.4, 0.5) is 11.4 Å². The fraction of sp³-hybridized carbons (Fsp3) is 0.167. The first-order valence-corrected chi connectivity index (χ1v) is 8.54. The molecule has 2 aromatic carbocycles. The Morgan fingerprint density at radius 2 is 1.85 bits per heavy atom. The summed E-state index contributed by atoms with van der Waals surface area (Å²) in [6.45, 7) is 0.462. The van der Waals surface area contributed by atoms with Crippen LogP contribution in [0.25, 0.3) is 0 Å². The molecule has 1 heterocycles. The highest BCUT2D eigenvalue weighted by molar-refractivity contribution is 7.71. The van der Waals surface area contributed by atoms with Crippen LogP contribution in [0.2, 0.25) is 0 Å². The first-order valence-electron chi connectivity index (χ1n) is 8.13. The second-order valence-corrected chi connectivity index (χ2v) is 6.45. The maximum atomic E-state index is 10.7. The predicted molar refractivity (Wildman–Crippen MR) is 107 cm³/mol. The number of nitrogens with zero attached hydrogens (tertiary/aromatic N) is 6. The van der Waals surface area contributed by atoms with E-state index >= 15 is 0 Å². The molecule has 0 unspecified atom stereocenters. The SMILES string of the molecule is CN(C)c1ccc(/C=N/n2ncn(Cc3ccc([N+](=O)[O-])cc3)c2=S)cc1. The molecule has 1 aromatic heterocycles. The minimum Gasteiger partial charge on any atom is -0.378 e. The van der Waals surface area contributed by atoms with Crippen LogP contribution in [-0.2, 0) is 6.54 Å². The first kappa shape index (κ1) is 18.5. The Kier molecular flexibility index (Phi) is 5.41. The van der Waals surface area contributed by atoms with E-state index in [4.69, 9.17) is 12.2 Å². The third-order valence-electron chi connectivity index (χ3n) is 3.94. The van der Waals surface area contributed by atoms with E-state index in [0.29, 0.717) is 11.3 Å². The second-order valence-electron chi connectivity index (χ2n) is 6.08. The highest BCUT2D eigenvalue weighted by Crippen LogP contribution is 2.13. The molecular weight excluding hydrogens is 364 g/mol. The molecule has 0 N–H and O–H groups in total. The van der Waals surface area contributed by atoms with Crippen LogP contribution in [0.3, 0.4) is 0 Å². The van der Waals surface area contributed by atoms with Crippen molar-refractivity contribution in [2.75, 3.05) is 19.0 Å². The van der Waals surface area contributed by atoms with E-state index in [2.05, 4.69) is 10.2 Å². The molecule has 0 aliphatic carbocycles. The number of aromatic nitrogens is 3. The molecule has 3 aromatic rings. The van der Waals surface area contributed by atoms with Gasteiger partial charge in [-0.25, -0.2) is 0 Å². The van der Waals surface area contributed by atoms with E-state index in [0.717, 1.165) is 16.8 Å². The van der Waals surface area contributed by atoms with Crippen LogP contribution >= 0.6 is 12.2 Å². The smallest absolute Gasteiger partial charge is 0.269 e. The largest absolute Gasteiger partial charge is 0.378 e. The van der Waals surface area contributed by atoms with Crippen LogP contribution in [0.5, 0.6) is 0 Å². The van der Waals surface area contributed by atoms with Crippen LogP contribution in [0, 0.1) is 14.9 Å². The Labute approximate surface area is 161 Å². The van der Waals surface area contributed by atoms with E-state index in [9.17, 15) is 10.1 Å². The molecule has 0 aliphatic heterocycles. The molecule has 0 saturated heterocycles. The number of rotatable bonds is 6. The van der Waals surface area contributed by atoms with Gasteiger partial charge in [-0.3, -0.25) is 10.1 Å². The van der Waals surface area contributed by atoms with Crippen LogP contribution in [-0.4, -0.2) is 39.7 Å². The monoisotopic (exact) mass is 382 g/mol. The number of benzene rings is 2. The number of hydrogen-bond donors (Lipinski definition) is 0. The Morgan fingerprint density at radius 1 is 1.19 bits per heavy atom. The molecule has 0 bridgehead atoms. The Bertz CT molecular complexity index is 1020. The van der Waals surface area contributed by atoms with Gasteiger partial charge in [-0.05, 0) is 35.5 Å². The third-order valence-corrected chi connectivity index (χ3v) is 4.34. The van der Waals surface area contributed by atoms with Gasteiger partial charge in [0.1, 0.15) is 6.33 Å². The zero-order chi connectivity index (χ0) is 19.4. The molecule has 9 heteroatoms. The third kappa shape index (κ3) is 4.45. The maximum Gasteiger partial charge on any atom is 0.269 e. The van der Waals surface area contributed by atoms with E-state index < -0.39 is 4.92 Å². The van der Waals surface area contributed by atoms with Crippen molar-refractivity contribution < 1.29 is 4.92 Å². The summed E-state index contributed by atoms with van der Waals surface area (Å²) in [5.41, 5.74) is 2.99. The molecule has 0 aliphatic rings. The lowest BCUT2D eigenvalue weighted by molar-refractivity contribution is -0.384.